The second kappa shape index (κ2) is 9.72. The van der Waals surface area contributed by atoms with Crippen LogP contribution in [0.2, 0.25) is 0 Å². The molecule has 1 unspecified atom stereocenters. The van der Waals surface area contributed by atoms with Crippen LogP contribution >= 0.6 is 0 Å². The second-order valence-corrected chi connectivity index (χ2v) is 5.89. The van der Waals surface area contributed by atoms with Gasteiger partial charge in [-0.1, -0.05) is 46.7 Å². The molecule has 0 fully saturated rings. The zero-order valence-electron chi connectivity index (χ0n) is 16.0. The van der Waals surface area contributed by atoms with Gasteiger partial charge >= 0.3 is 6.18 Å². The van der Waals surface area contributed by atoms with Crippen LogP contribution in [0.4, 0.5) is 13.2 Å². The molecule has 0 saturated heterocycles. The maximum atomic E-state index is 12.9. The zero-order valence-corrected chi connectivity index (χ0v) is 16.0. The molecule has 0 heterocycles. The molecule has 0 aromatic heterocycles. The van der Waals surface area contributed by atoms with E-state index in [-0.39, 0.29) is 5.71 Å². The van der Waals surface area contributed by atoms with Gasteiger partial charge in [-0.3, -0.25) is 4.79 Å². The Morgan fingerprint density at radius 2 is 1.90 bits per heavy atom. The number of nitrogens with zero attached hydrogens (tertiary/aromatic N) is 2. The Labute approximate surface area is 166 Å². The van der Waals surface area contributed by atoms with Crippen LogP contribution in [0.3, 0.4) is 0 Å². The van der Waals surface area contributed by atoms with Gasteiger partial charge in [-0.05, 0) is 24.6 Å². The van der Waals surface area contributed by atoms with E-state index in [0.717, 1.165) is 12.1 Å². The lowest BCUT2D eigenvalue weighted by molar-refractivity contribution is -0.137. The third kappa shape index (κ3) is 5.81. The van der Waals surface area contributed by atoms with E-state index < -0.39 is 23.8 Å². The lowest BCUT2D eigenvalue weighted by Crippen LogP contribution is -2.29. The van der Waals surface area contributed by atoms with Crippen molar-refractivity contribution < 1.29 is 27.6 Å². The van der Waals surface area contributed by atoms with Crippen molar-refractivity contribution in [2.75, 3.05) is 14.2 Å². The van der Waals surface area contributed by atoms with E-state index in [1.165, 1.54) is 32.5 Å². The Morgan fingerprint density at radius 3 is 2.55 bits per heavy atom. The molecule has 0 aliphatic carbocycles. The number of hydrogen-bond donors (Lipinski definition) is 1. The zero-order chi connectivity index (χ0) is 21.4. The van der Waals surface area contributed by atoms with E-state index in [0.29, 0.717) is 16.7 Å². The molecule has 1 N–H and O–H groups in total. The first kappa shape index (κ1) is 21.9. The van der Waals surface area contributed by atoms with E-state index in [1.807, 2.05) is 0 Å². The van der Waals surface area contributed by atoms with Gasteiger partial charge in [0.05, 0.1) is 11.8 Å². The highest BCUT2D eigenvalue weighted by molar-refractivity contribution is 6.46. The number of oxime groups is 2. The fourth-order valence-corrected chi connectivity index (χ4v) is 2.46. The Balaban J connectivity index is 2.21. The summed E-state index contributed by atoms with van der Waals surface area (Å²) in [5.74, 6) is -0.453. The maximum absolute atomic E-state index is 12.9. The average Bonchev–Trinajstić information content (AvgIpc) is 2.71. The number of likely N-dealkylation sites (N-methyl/N-ethyl adjacent to an activating group) is 1. The van der Waals surface area contributed by atoms with Crippen LogP contribution in [0.15, 0.2) is 58.8 Å². The molecule has 9 heteroatoms. The molecule has 0 bridgehead atoms. The number of alkyl halides is 3. The number of carbonyl (C=O) groups excluding carboxylic acids is 1. The summed E-state index contributed by atoms with van der Waals surface area (Å²) in [5.41, 5.74) is 0.585. The number of amides is 1. The van der Waals surface area contributed by atoms with Crippen LogP contribution in [0.5, 0.6) is 0 Å². The quantitative estimate of drug-likeness (QED) is 0.559. The van der Waals surface area contributed by atoms with Gasteiger partial charge in [0.25, 0.3) is 5.91 Å². The van der Waals surface area contributed by atoms with Gasteiger partial charge in [-0.2, -0.15) is 13.2 Å². The number of nitrogens with one attached hydrogen (secondary N) is 1. The minimum absolute atomic E-state index is 0.0444. The van der Waals surface area contributed by atoms with Crippen LogP contribution in [-0.4, -0.2) is 32.0 Å². The topological polar surface area (TPSA) is 72.3 Å². The maximum Gasteiger partial charge on any atom is 0.416 e. The minimum Gasteiger partial charge on any atom is -0.398 e. The first-order valence-corrected chi connectivity index (χ1v) is 8.57. The van der Waals surface area contributed by atoms with Crippen molar-refractivity contribution in [2.24, 2.45) is 10.3 Å². The molecule has 0 aliphatic rings. The summed E-state index contributed by atoms with van der Waals surface area (Å²) in [6.45, 7) is 1.58. The molecule has 2 aromatic carbocycles. The third-order valence-electron chi connectivity index (χ3n) is 3.93. The van der Waals surface area contributed by atoms with Gasteiger partial charge in [-0.25, -0.2) is 0 Å². The monoisotopic (exact) mass is 407 g/mol. The molecule has 2 rings (SSSR count). The lowest BCUT2D eigenvalue weighted by Gasteiger charge is -2.13. The van der Waals surface area contributed by atoms with E-state index in [4.69, 9.17) is 9.68 Å². The summed E-state index contributed by atoms with van der Waals surface area (Å²) >= 11 is 0. The summed E-state index contributed by atoms with van der Waals surface area (Å²) < 4.78 is 38.6. The fraction of sp³-hybridized carbons (Fsp3) is 0.250. The lowest BCUT2D eigenvalue weighted by atomic mass is 10.0. The van der Waals surface area contributed by atoms with Crippen LogP contribution < -0.4 is 5.32 Å². The van der Waals surface area contributed by atoms with Crippen LogP contribution in [0, 0.1) is 0 Å². The van der Waals surface area contributed by atoms with Crippen molar-refractivity contribution in [3.63, 3.8) is 0 Å². The Hall–Kier alpha value is -3.36. The SMILES string of the molecule is CNC(=O)/C(=N\OC)c1ccccc1/C=N\OC(C)c1cccc(C(F)(F)F)c1. The molecule has 0 aliphatic heterocycles. The summed E-state index contributed by atoms with van der Waals surface area (Å²) in [4.78, 5) is 22.1. The summed E-state index contributed by atoms with van der Waals surface area (Å²) in [7, 11) is 2.78. The molecule has 6 nitrogen and oxygen atoms in total. The van der Waals surface area contributed by atoms with Crippen LogP contribution in [0.1, 0.15) is 35.3 Å². The van der Waals surface area contributed by atoms with E-state index in [2.05, 4.69) is 15.6 Å². The number of hydrogen-bond acceptors (Lipinski definition) is 5. The highest BCUT2D eigenvalue weighted by Gasteiger charge is 2.30. The normalized spacial score (nSPS) is 13.2. The molecule has 154 valence electrons. The first-order chi connectivity index (χ1) is 13.8. The van der Waals surface area contributed by atoms with Gasteiger partial charge in [0.15, 0.2) is 5.71 Å². The number of rotatable bonds is 7. The minimum atomic E-state index is -4.44. The summed E-state index contributed by atoms with van der Waals surface area (Å²) in [6, 6.07) is 11.6. The molecular formula is C20H20F3N3O3. The van der Waals surface area contributed by atoms with Crippen molar-refractivity contribution in [3.8, 4) is 0 Å². The van der Waals surface area contributed by atoms with E-state index in [9.17, 15) is 18.0 Å². The highest BCUT2D eigenvalue weighted by atomic mass is 19.4. The van der Waals surface area contributed by atoms with Gasteiger partial charge in [0.1, 0.15) is 13.2 Å². The molecule has 2 aromatic rings. The molecule has 1 atom stereocenters. The van der Waals surface area contributed by atoms with Crippen molar-refractivity contribution >= 4 is 17.8 Å². The standard InChI is InChI=1S/C20H20F3N3O3/c1-13(14-8-6-9-16(11-14)20(21,22)23)29-25-12-15-7-4-5-10-17(15)18(26-28-3)19(27)24-2/h4-13H,1-3H3,(H,24,27)/b25-12-,26-18-. The molecular weight excluding hydrogens is 387 g/mol. The first-order valence-electron chi connectivity index (χ1n) is 8.57. The van der Waals surface area contributed by atoms with Crippen molar-refractivity contribution in [1.82, 2.24) is 5.32 Å². The van der Waals surface area contributed by atoms with E-state index in [1.54, 1.807) is 31.2 Å². The average molecular weight is 407 g/mol. The van der Waals surface area contributed by atoms with Crippen molar-refractivity contribution in [1.29, 1.82) is 0 Å². The third-order valence-corrected chi connectivity index (χ3v) is 3.93. The smallest absolute Gasteiger partial charge is 0.398 e. The fourth-order valence-electron chi connectivity index (χ4n) is 2.46. The predicted molar refractivity (Wildman–Crippen MR) is 103 cm³/mol. The van der Waals surface area contributed by atoms with E-state index >= 15 is 0 Å². The van der Waals surface area contributed by atoms with Crippen molar-refractivity contribution in [3.05, 3.63) is 70.8 Å². The van der Waals surface area contributed by atoms with Crippen molar-refractivity contribution in [2.45, 2.75) is 19.2 Å². The largest absolute Gasteiger partial charge is 0.416 e. The molecule has 0 radical (unpaired) electrons. The molecule has 1 amide bonds. The summed E-state index contributed by atoms with van der Waals surface area (Å²) in [6.07, 6.45) is -3.80. The van der Waals surface area contributed by atoms with Crippen LogP contribution in [-0.2, 0) is 20.6 Å². The number of halogens is 3. The second-order valence-electron chi connectivity index (χ2n) is 5.89. The number of benzene rings is 2. The predicted octanol–water partition coefficient (Wildman–Crippen LogP) is 3.91. The van der Waals surface area contributed by atoms with Crippen LogP contribution in [0.25, 0.3) is 0 Å². The highest BCUT2D eigenvalue weighted by Crippen LogP contribution is 2.31. The Morgan fingerprint density at radius 1 is 1.17 bits per heavy atom. The van der Waals surface area contributed by atoms with Gasteiger partial charge in [0.2, 0.25) is 0 Å². The Kier molecular flexibility index (Phi) is 7.35. The summed E-state index contributed by atoms with van der Waals surface area (Å²) in [5, 5.41) is 10.1. The van der Waals surface area contributed by atoms with Gasteiger partial charge in [-0.15, -0.1) is 0 Å². The number of carbonyl (C=O) groups is 1. The van der Waals surface area contributed by atoms with Gasteiger partial charge < -0.3 is 15.0 Å². The van der Waals surface area contributed by atoms with Gasteiger partial charge in [0, 0.05) is 18.2 Å². The molecule has 0 saturated carbocycles. The molecule has 29 heavy (non-hydrogen) atoms. The Bertz CT molecular complexity index is 911. The molecule has 0 spiro atoms.